The number of rotatable bonds is 11. The average Bonchev–Trinajstić information content (AvgIpc) is 3.25. The Morgan fingerprint density at radius 3 is 2.61 bits per heavy atom. The van der Waals surface area contributed by atoms with E-state index in [1.165, 1.54) is 5.56 Å². The van der Waals surface area contributed by atoms with E-state index in [4.69, 9.17) is 14.1 Å². The molecule has 2 N–H and O–H groups in total. The van der Waals surface area contributed by atoms with Crippen LogP contribution in [0.1, 0.15) is 43.4 Å². The maximum Gasteiger partial charge on any atom is 0.222 e. The van der Waals surface area contributed by atoms with Gasteiger partial charge in [-0.3, -0.25) is 9.79 Å². The number of aliphatic imine (C=N–C) groups is 1. The van der Waals surface area contributed by atoms with Gasteiger partial charge in [-0.2, -0.15) is 0 Å². The van der Waals surface area contributed by atoms with Crippen LogP contribution in [0.2, 0.25) is 0 Å². The zero-order valence-electron chi connectivity index (χ0n) is 19.6. The van der Waals surface area contributed by atoms with Gasteiger partial charge in [-0.25, -0.2) is 0 Å². The molecule has 1 aromatic heterocycles. The molecule has 3 rings (SSSR count). The Labute approximate surface area is 214 Å². The first-order valence-electron chi connectivity index (χ1n) is 11.7. The van der Waals surface area contributed by atoms with Crippen molar-refractivity contribution in [2.24, 2.45) is 4.99 Å². The standard InChI is InChI=1S/C25H36N4O3.HI/c1-31-22-11-9-21(10-12-22)13-16-27-25(28-17-14-23-7-5-20-32-23)26-15-6-19-29-18-4-2-3-8-24(29)30;/h5,7,9-12,20H,2-4,6,8,13-19H2,1H3,(H2,26,27,28);1H. The van der Waals surface area contributed by atoms with Gasteiger partial charge in [-0.05, 0) is 55.5 Å². The lowest BCUT2D eigenvalue weighted by molar-refractivity contribution is -0.130. The lowest BCUT2D eigenvalue weighted by Crippen LogP contribution is -2.39. The highest BCUT2D eigenvalue weighted by molar-refractivity contribution is 14.0. The number of methoxy groups -OCH3 is 1. The highest BCUT2D eigenvalue weighted by atomic mass is 127. The molecule has 1 fully saturated rings. The van der Waals surface area contributed by atoms with E-state index >= 15 is 0 Å². The molecule has 8 heteroatoms. The number of hydrogen-bond donors (Lipinski definition) is 2. The molecule has 182 valence electrons. The highest BCUT2D eigenvalue weighted by Crippen LogP contribution is 2.12. The summed E-state index contributed by atoms with van der Waals surface area (Å²) in [6, 6.07) is 12.0. The minimum absolute atomic E-state index is 0. The number of carbonyl (C=O) groups is 1. The van der Waals surface area contributed by atoms with E-state index in [0.29, 0.717) is 18.9 Å². The number of likely N-dealkylation sites (tertiary alicyclic amines) is 1. The second-order valence-corrected chi connectivity index (χ2v) is 8.06. The van der Waals surface area contributed by atoms with Crippen molar-refractivity contribution >= 4 is 35.8 Å². The minimum Gasteiger partial charge on any atom is -0.497 e. The molecule has 0 radical (unpaired) electrons. The normalized spacial score (nSPS) is 14.4. The molecule has 1 saturated heterocycles. The van der Waals surface area contributed by atoms with Crippen molar-refractivity contribution in [3.05, 3.63) is 54.0 Å². The summed E-state index contributed by atoms with van der Waals surface area (Å²) in [6.45, 7) is 3.88. The topological polar surface area (TPSA) is 79.1 Å². The lowest BCUT2D eigenvalue weighted by Gasteiger charge is -2.20. The van der Waals surface area contributed by atoms with E-state index in [9.17, 15) is 4.79 Å². The summed E-state index contributed by atoms with van der Waals surface area (Å²) < 4.78 is 10.6. The number of nitrogens with zero attached hydrogens (tertiary/aromatic N) is 2. The van der Waals surface area contributed by atoms with Crippen LogP contribution in [0.5, 0.6) is 5.75 Å². The molecular weight excluding hydrogens is 531 g/mol. The smallest absolute Gasteiger partial charge is 0.222 e. The summed E-state index contributed by atoms with van der Waals surface area (Å²) in [5.41, 5.74) is 1.24. The Hall–Kier alpha value is -2.23. The SMILES string of the molecule is COc1ccc(CCNC(=NCCCN2CCCCCC2=O)NCCc2ccco2)cc1.I. The largest absolute Gasteiger partial charge is 0.497 e. The van der Waals surface area contributed by atoms with Crippen LogP contribution in [0.3, 0.4) is 0 Å². The maximum atomic E-state index is 12.2. The van der Waals surface area contributed by atoms with Crippen LogP contribution in [0.25, 0.3) is 0 Å². The summed E-state index contributed by atoms with van der Waals surface area (Å²) in [5, 5.41) is 6.83. The number of hydrogen-bond acceptors (Lipinski definition) is 4. The van der Waals surface area contributed by atoms with Crippen molar-refractivity contribution < 1.29 is 13.9 Å². The number of carbonyl (C=O) groups excluding carboxylic acids is 1. The predicted molar refractivity (Wildman–Crippen MR) is 142 cm³/mol. The van der Waals surface area contributed by atoms with Gasteiger partial charge < -0.3 is 24.7 Å². The fourth-order valence-corrected chi connectivity index (χ4v) is 3.78. The second-order valence-electron chi connectivity index (χ2n) is 8.06. The maximum absolute atomic E-state index is 12.2. The van der Waals surface area contributed by atoms with Crippen LogP contribution in [-0.4, -0.2) is 56.6 Å². The predicted octanol–water partition coefficient (Wildman–Crippen LogP) is 4.02. The van der Waals surface area contributed by atoms with Crippen LogP contribution in [0, 0.1) is 0 Å². The summed E-state index contributed by atoms with van der Waals surface area (Å²) in [5.74, 6) is 2.91. The molecule has 2 heterocycles. The molecule has 1 aromatic carbocycles. The Morgan fingerprint density at radius 2 is 1.88 bits per heavy atom. The molecule has 0 atom stereocenters. The zero-order chi connectivity index (χ0) is 22.4. The summed E-state index contributed by atoms with van der Waals surface area (Å²) in [6.07, 6.45) is 8.24. The first-order valence-corrected chi connectivity index (χ1v) is 11.7. The fourth-order valence-electron chi connectivity index (χ4n) is 3.78. The third-order valence-corrected chi connectivity index (χ3v) is 5.64. The lowest BCUT2D eigenvalue weighted by atomic mass is 10.1. The van der Waals surface area contributed by atoms with Crippen LogP contribution in [0.4, 0.5) is 0 Å². The monoisotopic (exact) mass is 568 g/mol. The van der Waals surface area contributed by atoms with Crippen molar-refractivity contribution in [2.75, 3.05) is 39.8 Å². The van der Waals surface area contributed by atoms with E-state index in [1.54, 1.807) is 13.4 Å². The Morgan fingerprint density at radius 1 is 1.09 bits per heavy atom. The number of guanidine groups is 1. The average molecular weight is 569 g/mol. The number of furan rings is 1. The van der Waals surface area contributed by atoms with Gasteiger partial charge in [-0.15, -0.1) is 24.0 Å². The Bertz CT molecular complexity index is 825. The van der Waals surface area contributed by atoms with E-state index in [0.717, 1.165) is 82.2 Å². The first kappa shape index (κ1) is 27.0. The summed E-state index contributed by atoms with van der Waals surface area (Å²) >= 11 is 0. The van der Waals surface area contributed by atoms with E-state index < -0.39 is 0 Å². The van der Waals surface area contributed by atoms with Gasteiger partial charge in [0.2, 0.25) is 5.91 Å². The van der Waals surface area contributed by atoms with E-state index in [-0.39, 0.29) is 24.0 Å². The molecule has 0 spiro atoms. The van der Waals surface area contributed by atoms with Gasteiger partial charge in [0.25, 0.3) is 0 Å². The number of halogens is 1. The van der Waals surface area contributed by atoms with E-state index in [1.807, 2.05) is 29.2 Å². The van der Waals surface area contributed by atoms with Crippen molar-refractivity contribution in [1.29, 1.82) is 0 Å². The molecule has 33 heavy (non-hydrogen) atoms. The van der Waals surface area contributed by atoms with E-state index in [2.05, 4.69) is 22.8 Å². The molecule has 0 unspecified atom stereocenters. The van der Waals surface area contributed by atoms with Gasteiger partial charge in [0.1, 0.15) is 11.5 Å². The second kappa shape index (κ2) is 15.6. The van der Waals surface area contributed by atoms with Crippen molar-refractivity contribution in [3.8, 4) is 5.75 Å². The van der Waals surface area contributed by atoms with Crippen LogP contribution >= 0.6 is 24.0 Å². The summed E-state index contributed by atoms with van der Waals surface area (Å²) in [7, 11) is 1.68. The van der Waals surface area contributed by atoms with Gasteiger partial charge in [0.15, 0.2) is 5.96 Å². The molecular formula is C25H37IN4O3. The first-order chi connectivity index (χ1) is 15.7. The number of amides is 1. The van der Waals surface area contributed by atoms with Gasteiger partial charge in [0, 0.05) is 45.6 Å². The quantitative estimate of drug-likeness (QED) is 0.185. The fraction of sp³-hybridized carbons (Fsp3) is 0.520. The number of ether oxygens (including phenoxy) is 1. The highest BCUT2D eigenvalue weighted by Gasteiger charge is 2.15. The molecule has 0 saturated carbocycles. The molecule has 1 amide bonds. The number of nitrogens with one attached hydrogen (secondary N) is 2. The summed E-state index contributed by atoms with van der Waals surface area (Å²) in [4.78, 5) is 18.9. The van der Waals surface area contributed by atoms with Crippen molar-refractivity contribution in [3.63, 3.8) is 0 Å². The Kier molecular flexibility index (Phi) is 12.8. The zero-order valence-corrected chi connectivity index (χ0v) is 21.9. The van der Waals surface area contributed by atoms with Gasteiger partial charge in [0.05, 0.1) is 13.4 Å². The van der Waals surface area contributed by atoms with Crippen molar-refractivity contribution in [2.45, 2.75) is 44.9 Å². The third-order valence-electron chi connectivity index (χ3n) is 5.64. The molecule has 1 aliphatic rings. The minimum atomic E-state index is 0. The van der Waals surface area contributed by atoms with Crippen LogP contribution < -0.4 is 15.4 Å². The van der Waals surface area contributed by atoms with Gasteiger partial charge >= 0.3 is 0 Å². The third kappa shape index (κ3) is 10.1. The molecule has 1 aliphatic heterocycles. The Balaban J connectivity index is 0.00000385. The molecule has 7 nitrogen and oxygen atoms in total. The molecule has 0 aliphatic carbocycles. The molecule has 0 bridgehead atoms. The van der Waals surface area contributed by atoms with Crippen molar-refractivity contribution in [1.82, 2.24) is 15.5 Å². The molecule has 2 aromatic rings. The number of benzene rings is 1. The van der Waals surface area contributed by atoms with Gasteiger partial charge in [-0.1, -0.05) is 18.6 Å². The van der Waals surface area contributed by atoms with Crippen LogP contribution in [0.15, 0.2) is 52.1 Å². The van der Waals surface area contributed by atoms with Crippen LogP contribution in [-0.2, 0) is 17.6 Å².